The maximum Gasteiger partial charge on any atom is 0.279 e. The smallest absolute Gasteiger partial charge is 0.279 e. The van der Waals surface area contributed by atoms with Gasteiger partial charge in [-0.05, 0) is 0 Å². The molecule has 2 N–H and O–H groups in total. The number of hydrogen-bond donors (Lipinski definition) is 2. The fourth-order valence-electron chi connectivity index (χ4n) is 1.21. The van der Waals surface area contributed by atoms with Crippen LogP contribution in [0.4, 0.5) is 0 Å². The van der Waals surface area contributed by atoms with Crippen molar-refractivity contribution >= 4 is 10.2 Å². The van der Waals surface area contributed by atoms with E-state index in [-0.39, 0.29) is 13.0 Å². The number of nitrogens with zero attached hydrogens (tertiary/aromatic N) is 2. The van der Waals surface area contributed by atoms with Crippen LogP contribution in [0.15, 0.2) is 0 Å². The van der Waals surface area contributed by atoms with Crippen molar-refractivity contribution in [3.63, 3.8) is 0 Å². The topological polar surface area (TPSA) is 85.2 Å². The quantitative estimate of drug-likeness (QED) is 0.571. The van der Waals surface area contributed by atoms with Gasteiger partial charge < -0.3 is 5.32 Å². The zero-order valence-corrected chi connectivity index (χ0v) is 8.68. The number of nitrogens with one attached hydrogen (secondary N) is 2. The third-order valence-corrected chi connectivity index (χ3v) is 3.55. The van der Waals surface area contributed by atoms with Gasteiger partial charge in [0.15, 0.2) is 0 Å². The molecule has 6 nitrogen and oxygen atoms in total. The summed E-state index contributed by atoms with van der Waals surface area (Å²) in [4.78, 5) is 0. The lowest BCUT2D eigenvalue weighted by molar-refractivity contribution is 0.355. The minimum absolute atomic E-state index is 0.183. The molecule has 7 heteroatoms. The maximum atomic E-state index is 11.5. The SMILES string of the molecule is N#CCCNS(=O)(=O)N1CCNCC1. The number of nitriles is 1. The Labute approximate surface area is 84.1 Å². The Bertz CT molecular complexity index is 302. The average Bonchev–Trinajstić information content (AvgIpc) is 2.19. The molecule has 0 radical (unpaired) electrons. The first-order chi connectivity index (χ1) is 6.67. The largest absolute Gasteiger partial charge is 0.314 e. The van der Waals surface area contributed by atoms with E-state index in [1.54, 1.807) is 0 Å². The molecule has 0 bridgehead atoms. The van der Waals surface area contributed by atoms with Gasteiger partial charge in [0.1, 0.15) is 0 Å². The highest BCUT2D eigenvalue weighted by atomic mass is 32.2. The van der Waals surface area contributed by atoms with Crippen molar-refractivity contribution in [2.75, 3.05) is 32.7 Å². The van der Waals surface area contributed by atoms with Crippen molar-refractivity contribution in [3.05, 3.63) is 0 Å². The Morgan fingerprint density at radius 3 is 2.64 bits per heavy atom. The van der Waals surface area contributed by atoms with E-state index >= 15 is 0 Å². The molecule has 1 fully saturated rings. The molecule has 1 aliphatic heterocycles. The molecule has 0 atom stereocenters. The summed E-state index contributed by atoms with van der Waals surface area (Å²) in [5, 5.41) is 11.3. The summed E-state index contributed by atoms with van der Waals surface area (Å²) in [7, 11) is -3.36. The van der Waals surface area contributed by atoms with Crippen molar-refractivity contribution in [3.8, 4) is 6.07 Å². The summed E-state index contributed by atoms with van der Waals surface area (Å²) in [6, 6.07) is 1.89. The Morgan fingerprint density at radius 2 is 2.07 bits per heavy atom. The second-order valence-electron chi connectivity index (χ2n) is 2.96. The highest BCUT2D eigenvalue weighted by Crippen LogP contribution is 1.99. The Morgan fingerprint density at radius 1 is 1.43 bits per heavy atom. The van der Waals surface area contributed by atoms with Crippen LogP contribution in [0.2, 0.25) is 0 Å². The highest BCUT2D eigenvalue weighted by molar-refractivity contribution is 7.87. The monoisotopic (exact) mass is 218 g/mol. The zero-order chi connectivity index (χ0) is 10.4. The van der Waals surface area contributed by atoms with Gasteiger partial charge in [-0.2, -0.15) is 18.0 Å². The van der Waals surface area contributed by atoms with Gasteiger partial charge in [-0.1, -0.05) is 0 Å². The summed E-state index contributed by atoms with van der Waals surface area (Å²) in [5.74, 6) is 0. The zero-order valence-electron chi connectivity index (χ0n) is 7.86. The van der Waals surface area contributed by atoms with Crippen LogP contribution < -0.4 is 10.0 Å². The molecule has 0 unspecified atom stereocenters. The van der Waals surface area contributed by atoms with Gasteiger partial charge >= 0.3 is 0 Å². The number of piperazine rings is 1. The second kappa shape index (κ2) is 5.26. The highest BCUT2D eigenvalue weighted by Gasteiger charge is 2.22. The third kappa shape index (κ3) is 3.23. The standard InChI is InChI=1S/C7H14N4O2S/c8-2-1-3-10-14(12,13)11-6-4-9-5-7-11/h9-10H,1,3-7H2. The Balaban J connectivity index is 2.43. The molecule has 1 aliphatic rings. The lowest BCUT2D eigenvalue weighted by Crippen LogP contribution is -2.50. The summed E-state index contributed by atoms with van der Waals surface area (Å²) in [6.07, 6.45) is 0.200. The van der Waals surface area contributed by atoms with Gasteiger partial charge in [-0.15, -0.1) is 0 Å². The lowest BCUT2D eigenvalue weighted by Gasteiger charge is -2.26. The maximum absolute atomic E-state index is 11.5. The Kier molecular flexibility index (Phi) is 4.28. The van der Waals surface area contributed by atoms with Crippen LogP contribution >= 0.6 is 0 Å². The first kappa shape index (κ1) is 11.4. The van der Waals surface area contributed by atoms with Gasteiger partial charge in [-0.3, -0.25) is 0 Å². The molecule has 0 aliphatic carbocycles. The van der Waals surface area contributed by atoms with Crippen molar-refractivity contribution in [2.24, 2.45) is 0 Å². The van der Waals surface area contributed by atoms with Gasteiger partial charge in [0, 0.05) is 39.1 Å². The van der Waals surface area contributed by atoms with Crippen LogP contribution in [0.5, 0.6) is 0 Å². The minimum Gasteiger partial charge on any atom is -0.314 e. The van der Waals surface area contributed by atoms with Crippen molar-refractivity contribution in [2.45, 2.75) is 6.42 Å². The van der Waals surface area contributed by atoms with E-state index in [0.29, 0.717) is 26.2 Å². The van der Waals surface area contributed by atoms with Crippen LogP contribution in [0.1, 0.15) is 6.42 Å². The van der Waals surface area contributed by atoms with Crippen LogP contribution in [-0.4, -0.2) is 45.4 Å². The normalized spacial score (nSPS) is 19.1. The molecule has 80 valence electrons. The van der Waals surface area contributed by atoms with Crippen LogP contribution in [0, 0.1) is 11.3 Å². The first-order valence-electron chi connectivity index (χ1n) is 4.49. The lowest BCUT2D eigenvalue weighted by atomic mass is 10.4. The molecular weight excluding hydrogens is 204 g/mol. The average molecular weight is 218 g/mol. The molecule has 0 saturated carbocycles. The van der Waals surface area contributed by atoms with E-state index in [1.807, 2.05) is 6.07 Å². The van der Waals surface area contributed by atoms with Crippen LogP contribution in [0.25, 0.3) is 0 Å². The molecular formula is C7H14N4O2S. The van der Waals surface area contributed by atoms with Gasteiger partial charge in [-0.25, -0.2) is 4.72 Å². The fourth-order valence-corrected chi connectivity index (χ4v) is 2.42. The van der Waals surface area contributed by atoms with E-state index in [2.05, 4.69) is 10.0 Å². The second-order valence-corrected chi connectivity index (χ2v) is 4.71. The fraction of sp³-hybridized carbons (Fsp3) is 0.857. The van der Waals surface area contributed by atoms with E-state index in [0.717, 1.165) is 0 Å². The van der Waals surface area contributed by atoms with Crippen molar-refractivity contribution in [1.29, 1.82) is 5.26 Å². The molecule has 0 amide bonds. The first-order valence-corrected chi connectivity index (χ1v) is 5.93. The molecule has 0 spiro atoms. The van der Waals surface area contributed by atoms with E-state index in [4.69, 9.17) is 5.26 Å². The van der Waals surface area contributed by atoms with E-state index < -0.39 is 10.2 Å². The number of hydrogen-bond acceptors (Lipinski definition) is 4. The minimum atomic E-state index is -3.36. The van der Waals surface area contributed by atoms with Crippen molar-refractivity contribution < 1.29 is 8.42 Å². The number of rotatable bonds is 4. The van der Waals surface area contributed by atoms with Gasteiger partial charge in [0.2, 0.25) is 0 Å². The molecule has 1 saturated heterocycles. The molecule has 0 aromatic carbocycles. The summed E-state index contributed by atoms with van der Waals surface area (Å²) >= 11 is 0. The summed E-state index contributed by atoms with van der Waals surface area (Å²) in [6.45, 7) is 2.52. The van der Waals surface area contributed by atoms with E-state index in [9.17, 15) is 8.42 Å². The summed E-state index contributed by atoms with van der Waals surface area (Å²) < 4.78 is 26.8. The molecule has 1 heterocycles. The predicted octanol–water partition coefficient (Wildman–Crippen LogP) is -1.36. The predicted molar refractivity (Wildman–Crippen MR) is 51.6 cm³/mol. The van der Waals surface area contributed by atoms with Crippen LogP contribution in [0.3, 0.4) is 0 Å². The van der Waals surface area contributed by atoms with E-state index in [1.165, 1.54) is 4.31 Å². The third-order valence-electron chi connectivity index (χ3n) is 1.94. The van der Waals surface area contributed by atoms with Crippen LogP contribution in [-0.2, 0) is 10.2 Å². The summed E-state index contributed by atoms with van der Waals surface area (Å²) in [5.41, 5.74) is 0. The Hall–Kier alpha value is -0.680. The molecule has 14 heavy (non-hydrogen) atoms. The molecule has 0 aromatic heterocycles. The van der Waals surface area contributed by atoms with Gasteiger partial charge in [0.05, 0.1) is 6.07 Å². The van der Waals surface area contributed by atoms with Gasteiger partial charge in [0.25, 0.3) is 10.2 Å². The molecule has 1 rings (SSSR count). The molecule has 0 aromatic rings. The van der Waals surface area contributed by atoms with Crippen molar-refractivity contribution in [1.82, 2.24) is 14.3 Å².